The van der Waals surface area contributed by atoms with Crippen LogP contribution in [0.2, 0.25) is 10.0 Å². The molecule has 0 spiro atoms. The van der Waals surface area contributed by atoms with Crippen LogP contribution in [0.3, 0.4) is 0 Å². The van der Waals surface area contributed by atoms with Crippen molar-refractivity contribution < 1.29 is 24.6 Å². The van der Waals surface area contributed by atoms with Gasteiger partial charge in [0.2, 0.25) is 0 Å². The Kier molecular flexibility index (Phi) is 12.3. The van der Waals surface area contributed by atoms with Crippen molar-refractivity contribution in [3.8, 4) is 33.8 Å². The molecule has 1 aliphatic heterocycles. The van der Waals surface area contributed by atoms with Crippen molar-refractivity contribution in [2.45, 2.75) is 33.3 Å². The zero-order valence-corrected chi connectivity index (χ0v) is 45.5. The first-order valence-electron chi connectivity index (χ1n) is 26.7. The molecule has 0 unspecified atom stereocenters. The SMILES string of the molecule is CCc1ccccc1NOCc1cc2ccc3c4cc(Cl)ccc4[nH]c3c2c(N=Nc2ccc3c(c2)C(=O)c2cccc4c(N=Nc5c(O)c(C(=O)Nc6ccccc6CC)cc6ccc7c(c56)Nc5cc(Cl)cc-7c5)ccc-3c24)c1O. The van der Waals surface area contributed by atoms with E-state index in [-0.39, 0.29) is 40.8 Å². The van der Waals surface area contributed by atoms with Crippen LogP contribution < -0.4 is 16.1 Å². The zero-order valence-electron chi connectivity index (χ0n) is 44.0. The lowest BCUT2D eigenvalue weighted by Gasteiger charge is -2.23. The Morgan fingerprint density at radius 3 is 2.16 bits per heavy atom. The van der Waals surface area contributed by atoms with Gasteiger partial charge in [0.05, 0.1) is 33.8 Å². The number of H-pyrrole nitrogens is 1. The second-order valence-corrected chi connectivity index (χ2v) is 21.3. The molecule has 398 valence electrons. The number of carbonyl (C=O) groups excluding carboxylic acids is 2. The fourth-order valence-corrected chi connectivity index (χ4v) is 12.1. The summed E-state index contributed by atoms with van der Waals surface area (Å²) in [6.07, 6.45) is 1.50. The summed E-state index contributed by atoms with van der Waals surface area (Å²) in [7, 11) is 0. The van der Waals surface area contributed by atoms with E-state index < -0.39 is 5.91 Å². The zero-order chi connectivity index (χ0) is 55.9. The number of ketones is 1. The van der Waals surface area contributed by atoms with E-state index in [1.165, 1.54) is 0 Å². The molecule has 2 heterocycles. The van der Waals surface area contributed by atoms with Gasteiger partial charge in [-0.2, -0.15) is 5.11 Å². The molecule has 2 aliphatic rings. The average Bonchev–Trinajstić information content (AvgIpc) is 4.03. The van der Waals surface area contributed by atoms with Crippen molar-refractivity contribution >= 4 is 135 Å². The third-order valence-corrected chi connectivity index (χ3v) is 16.1. The summed E-state index contributed by atoms with van der Waals surface area (Å²) in [5, 5.41) is 56.9. The van der Waals surface area contributed by atoms with Crippen LogP contribution in [0.15, 0.2) is 190 Å². The fraction of sp³-hybridized carbons (Fsp3) is 0.0746. The van der Waals surface area contributed by atoms with E-state index in [0.717, 1.165) is 72.8 Å². The predicted molar refractivity (Wildman–Crippen MR) is 329 cm³/mol. The molecule has 14 rings (SSSR count). The van der Waals surface area contributed by atoms with Crippen LogP contribution in [0, 0.1) is 0 Å². The maximum Gasteiger partial charge on any atom is 0.259 e. The molecule has 13 nitrogen and oxygen atoms in total. The Morgan fingerprint density at radius 2 is 1.32 bits per heavy atom. The number of phenols is 2. The Hall–Kier alpha value is -9.92. The van der Waals surface area contributed by atoms with E-state index >= 15 is 0 Å². The number of nitrogens with zero attached hydrogens (tertiary/aromatic N) is 4. The maximum atomic E-state index is 14.8. The van der Waals surface area contributed by atoms with Crippen LogP contribution >= 0.6 is 23.2 Å². The molecular formula is C67H46Cl2N8O5. The largest absolute Gasteiger partial charge is 0.505 e. The van der Waals surface area contributed by atoms with Gasteiger partial charge in [-0.1, -0.05) is 128 Å². The molecular weight excluding hydrogens is 1070 g/mol. The Balaban J connectivity index is 0.840. The van der Waals surface area contributed by atoms with Crippen molar-refractivity contribution in [3.63, 3.8) is 0 Å². The topological polar surface area (TPSA) is 185 Å². The smallest absolute Gasteiger partial charge is 0.259 e. The third-order valence-electron chi connectivity index (χ3n) is 15.6. The number of para-hydroxylation sites is 2. The third kappa shape index (κ3) is 8.44. The number of rotatable bonds is 12. The van der Waals surface area contributed by atoms with Gasteiger partial charge in [0.1, 0.15) is 23.7 Å². The highest BCUT2D eigenvalue weighted by Gasteiger charge is 2.29. The van der Waals surface area contributed by atoms with Crippen molar-refractivity contribution in [3.05, 3.63) is 213 Å². The molecule has 1 amide bonds. The predicted octanol–water partition coefficient (Wildman–Crippen LogP) is 19.2. The monoisotopic (exact) mass is 1110 g/mol. The molecule has 0 radical (unpaired) electrons. The molecule has 0 atom stereocenters. The summed E-state index contributed by atoms with van der Waals surface area (Å²) in [6, 6.07) is 52.7. The second kappa shape index (κ2) is 20.0. The van der Waals surface area contributed by atoms with Gasteiger partial charge in [-0.3, -0.25) is 19.9 Å². The van der Waals surface area contributed by atoms with Gasteiger partial charge in [0.15, 0.2) is 11.5 Å². The Bertz CT molecular complexity index is 4820. The number of aryl methyl sites for hydroxylation is 2. The van der Waals surface area contributed by atoms with Gasteiger partial charge < -0.3 is 25.8 Å². The number of nitrogens with one attached hydrogen (secondary N) is 4. The van der Waals surface area contributed by atoms with Gasteiger partial charge >= 0.3 is 0 Å². The van der Waals surface area contributed by atoms with E-state index in [9.17, 15) is 19.8 Å². The average molecular weight is 1110 g/mol. The second-order valence-electron chi connectivity index (χ2n) is 20.4. The quantitative estimate of drug-likeness (QED) is 0.0519. The number of aromatic amines is 1. The highest BCUT2D eigenvalue weighted by Crippen LogP contribution is 2.51. The van der Waals surface area contributed by atoms with Gasteiger partial charge in [0.25, 0.3) is 5.91 Å². The standard InChI is InChI=1S/C67H46Cl2N8O5/c1-3-34-10-5-7-14-53(34)72-67(81)52-29-37-16-20-44-38-27-41(69)30-43(28-38)70-60(44)58(37)63(66(52)80)76-74-56-25-23-46-45-22-19-42(32-51(45)65(79)49-13-9-12-48(56)59(46)49)73-75-62-57-36(17-21-47-50-31-40(68)18-24-55(50)71-61(47)57)26-39(64(62)78)33-82-77-54-15-8-6-11-35(54)4-2/h5-32,70-71,77-78,80H,3-4,33H2,1-2H3,(H,72,81). The fourth-order valence-electron chi connectivity index (χ4n) is 11.7. The van der Waals surface area contributed by atoms with Gasteiger partial charge in [-0.25, -0.2) is 0 Å². The normalized spacial score (nSPS) is 12.5. The maximum absolute atomic E-state index is 14.8. The minimum atomic E-state index is -0.509. The summed E-state index contributed by atoms with van der Waals surface area (Å²) in [4.78, 5) is 38.5. The molecule has 2 bridgehead atoms. The minimum Gasteiger partial charge on any atom is -0.505 e. The summed E-state index contributed by atoms with van der Waals surface area (Å²) in [5.41, 5.74) is 15.3. The van der Waals surface area contributed by atoms with Gasteiger partial charge in [-0.05, 0) is 130 Å². The number of azo groups is 2. The Morgan fingerprint density at radius 1 is 0.573 bits per heavy atom. The molecule has 0 saturated heterocycles. The molecule has 1 aliphatic carbocycles. The molecule has 0 saturated carbocycles. The molecule has 11 aromatic carbocycles. The van der Waals surface area contributed by atoms with E-state index in [4.69, 9.17) is 48.5 Å². The number of aromatic nitrogens is 1. The molecule has 15 heteroatoms. The molecule has 82 heavy (non-hydrogen) atoms. The summed E-state index contributed by atoms with van der Waals surface area (Å²) >= 11 is 13.0. The van der Waals surface area contributed by atoms with Gasteiger partial charge in [-0.15, -0.1) is 15.3 Å². The summed E-state index contributed by atoms with van der Waals surface area (Å²) in [5.74, 6) is -1.20. The van der Waals surface area contributed by atoms with E-state index in [1.807, 2.05) is 146 Å². The number of fused-ring (bicyclic) bond motifs is 13. The number of hydrogen-bond donors (Lipinski definition) is 6. The van der Waals surface area contributed by atoms with Crippen LogP contribution in [0.5, 0.6) is 11.5 Å². The molecule has 12 aromatic rings. The Labute approximate surface area is 478 Å². The molecule has 0 fully saturated rings. The first-order valence-corrected chi connectivity index (χ1v) is 27.5. The highest BCUT2D eigenvalue weighted by molar-refractivity contribution is 6.33. The lowest BCUT2D eigenvalue weighted by Crippen LogP contribution is -2.13. The van der Waals surface area contributed by atoms with E-state index in [1.54, 1.807) is 30.3 Å². The van der Waals surface area contributed by atoms with Crippen molar-refractivity contribution in [1.82, 2.24) is 4.98 Å². The lowest BCUT2D eigenvalue weighted by atomic mass is 9.82. The van der Waals surface area contributed by atoms with Crippen LogP contribution in [-0.2, 0) is 24.3 Å². The minimum absolute atomic E-state index is 0.00880. The highest BCUT2D eigenvalue weighted by atomic mass is 35.5. The number of aromatic hydroxyl groups is 2. The van der Waals surface area contributed by atoms with Crippen LogP contribution in [0.4, 0.5) is 45.5 Å². The van der Waals surface area contributed by atoms with Crippen LogP contribution in [0.1, 0.15) is 56.8 Å². The van der Waals surface area contributed by atoms with Gasteiger partial charge in [0, 0.05) is 81.5 Å². The molecule has 1 aromatic heterocycles. The number of hydrogen-bond acceptors (Lipinski definition) is 11. The van der Waals surface area contributed by atoms with Crippen molar-refractivity contribution in [1.29, 1.82) is 0 Å². The number of halogens is 2. The van der Waals surface area contributed by atoms with E-state index in [2.05, 4.69) is 28.0 Å². The number of amides is 1. The van der Waals surface area contributed by atoms with Crippen LogP contribution in [0.25, 0.3) is 76.4 Å². The number of carbonyl (C=O) groups is 2. The summed E-state index contributed by atoms with van der Waals surface area (Å²) < 4.78 is 0. The first kappa shape index (κ1) is 50.3. The molecule has 6 N–H and O–H groups in total. The number of phenolic OH excluding ortho intramolecular Hbond substituents is 2. The number of benzene rings is 11. The van der Waals surface area contributed by atoms with Crippen molar-refractivity contribution in [2.24, 2.45) is 20.5 Å². The van der Waals surface area contributed by atoms with E-state index in [0.29, 0.717) is 88.4 Å². The van der Waals surface area contributed by atoms with Crippen LogP contribution in [-0.4, -0.2) is 26.9 Å². The first-order chi connectivity index (χ1) is 40.0. The summed E-state index contributed by atoms with van der Waals surface area (Å²) in [6.45, 7) is 4.09. The van der Waals surface area contributed by atoms with Crippen molar-refractivity contribution in [2.75, 3.05) is 16.1 Å². The number of anilines is 4. The lowest BCUT2D eigenvalue weighted by molar-refractivity contribution is 0.102.